The molecule has 0 unspecified atom stereocenters. The third-order valence-electron chi connectivity index (χ3n) is 3.56. The largest absolute Gasteiger partial charge is 0.376 e. The van der Waals surface area contributed by atoms with Gasteiger partial charge in [-0.25, -0.2) is 0 Å². The Bertz CT molecular complexity index is 790. The fraction of sp³-hybridized carbons (Fsp3) is 0.130. The average molecular weight is 411 g/mol. The van der Waals surface area contributed by atoms with Crippen molar-refractivity contribution < 1.29 is 4.74 Å². The fourth-order valence-electron chi connectivity index (χ4n) is 2.28. The van der Waals surface area contributed by atoms with Crippen molar-refractivity contribution in [2.75, 3.05) is 13.2 Å². The van der Waals surface area contributed by atoms with Crippen LogP contribution in [0.3, 0.4) is 0 Å². The Hall–Kier alpha value is -1.59. The Kier molecular flexibility index (Phi) is 8.43. The number of hydrogen-bond acceptors (Lipinski definition) is 4. The summed E-state index contributed by atoms with van der Waals surface area (Å²) in [5.41, 5.74) is 0. The first-order valence-corrected chi connectivity index (χ1v) is 11.3. The normalized spacial score (nSPS) is 10.6. The van der Waals surface area contributed by atoms with Gasteiger partial charge in [0.2, 0.25) is 0 Å². The van der Waals surface area contributed by atoms with Gasteiger partial charge in [0.1, 0.15) is 0 Å². The molecule has 3 aromatic carbocycles. The molecule has 0 aliphatic rings. The highest BCUT2D eigenvalue weighted by atomic mass is 32.2. The fourth-order valence-corrected chi connectivity index (χ4v) is 5.69. The van der Waals surface area contributed by atoms with Crippen molar-refractivity contribution in [1.29, 1.82) is 0 Å². The lowest BCUT2D eigenvalue weighted by Crippen LogP contribution is -1.97. The lowest BCUT2D eigenvalue weighted by molar-refractivity contribution is 0.175. The van der Waals surface area contributed by atoms with E-state index in [0.717, 1.165) is 0 Å². The van der Waals surface area contributed by atoms with Crippen LogP contribution in [0.15, 0.2) is 115 Å². The second kappa shape index (κ2) is 11.3. The molecule has 3 aromatic rings. The first-order valence-electron chi connectivity index (χ1n) is 8.84. The van der Waals surface area contributed by atoms with Crippen LogP contribution in [0.2, 0.25) is 0 Å². The van der Waals surface area contributed by atoms with Gasteiger partial charge >= 0.3 is 0 Å². The molecule has 0 spiro atoms. The van der Waals surface area contributed by atoms with E-state index in [4.69, 9.17) is 4.74 Å². The third-order valence-corrected chi connectivity index (χ3v) is 7.27. The second-order valence-electron chi connectivity index (χ2n) is 5.59. The first-order chi connectivity index (χ1) is 13.3. The van der Waals surface area contributed by atoms with E-state index in [1.165, 1.54) is 23.8 Å². The topological polar surface area (TPSA) is 9.23 Å². The molecule has 0 heterocycles. The van der Waals surface area contributed by atoms with Crippen LogP contribution < -0.4 is 0 Å². The van der Waals surface area contributed by atoms with Crippen molar-refractivity contribution in [3.8, 4) is 0 Å². The average Bonchev–Trinajstić information content (AvgIpc) is 2.73. The van der Waals surface area contributed by atoms with E-state index < -0.39 is 0 Å². The van der Waals surface area contributed by atoms with E-state index in [0.29, 0.717) is 13.2 Å². The zero-order valence-electron chi connectivity index (χ0n) is 15.2. The molecule has 0 radical (unpaired) electrons. The zero-order chi connectivity index (χ0) is 18.7. The van der Waals surface area contributed by atoms with Crippen LogP contribution in [0.4, 0.5) is 0 Å². The Balaban J connectivity index is 1.94. The maximum atomic E-state index is 5.82. The van der Waals surface area contributed by atoms with E-state index >= 15 is 0 Å². The molecule has 0 atom stereocenters. The van der Waals surface area contributed by atoms with Gasteiger partial charge < -0.3 is 4.74 Å². The minimum absolute atomic E-state index is 0.616. The zero-order valence-corrected chi connectivity index (χ0v) is 17.7. The Morgan fingerprint density at radius 3 is 1.44 bits per heavy atom. The molecule has 0 saturated heterocycles. The summed E-state index contributed by atoms with van der Waals surface area (Å²) in [7, 11) is 0. The van der Waals surface area contributed by atoms with Crippen molar-refractivity contribution in [3.63, 3.8) is 0 Å². The molecule has 0 aliphatic heterocycles. The lowest BCUT2D eigenvalue weighted by Gasteiger charge is -2.15. The summed E-state index contributed by atoms with van der Waals surface area (Å²) >= 11 is 5.39. The van der Waals surface area contributed by atoms with Gasteiger partial charge in [-0.1, -0.05) is 89.9 Å². The summed E-state index contributed by atoms with van der Waals surface area (Å²) in [6, 6.07) is 31.6. The maximum absolute atomic E-state index is 5.82. The molecule has 0 bridgehead atoms. The monoisotopic (exact) mass is 410 g/mol. The summed E-state index contributed by atoms with van der Waals surface area (Å²) in [6.07, 6.45) is 0. The number of rotatable bonds is 9. The minimum Gasteiger partial charge on any atom is -0.376 e. The number of benzene rings is 3. The van der Waals surface area contributed by atoms with Gasteiger partial charge in [0.25, 0.3) is 0 Å². The molecule has 1 nitrogen and oxygen atoms in total. The van der Waals surface area contributed by atoms with E-state index in [9.17, 15) is 0 Å². The molecule has 0 aromatic heterocycles. The molecule has 0 N–H and O–H groups in total. The summed E-state index contributed by atoms with van der Waals surface area (Å²) in [6.45, 7) is 3.36. The molecule has 27 heavy (non-hydrogen) atoms. The van der Waals surface area contributed by atoms with E-state index in [-0.39, 0.29) is 0 Å². The first kappa shape index (κ1) is 20.2. The van der Waals surface area contributed by atoms with Crippen LogP contribution in [0.1, 0.15) is 6.92 Å². The molecule has 0 fully saturated rings. The van der Waals surface area contributed by atoms with Gasteiger partial charge in [-0.15, -0.1) is 0 Å². The number of thioether (sulfide) groups is 3. The summed E-state index contributed by atoms with van der Waals surface area (Å²) in [5, 5.41) is 0. The highest BCUT2D eigenvalue weighted by molar-refractivity contribution is 8.23. The summed E-state index contributed by atoms with van der Waals surface area (Å²) < 4.78 is 7.08. The van der Waals surface area contributed by atoms with E-state index in [2.05, 4.69) is 84.9 Å². The molecule has 0 amide bonds. The molecular formula is C23H22OS3. The highest BCUT2D eigenvalue weighted by Crippen LogP contribution is 2.45. The minimum atomic E-state index is 0.616. The number of ether oxygens (including phenoxy) is 1. The molecule has 4 heteroatoms. The predicted octanol–water partition coefficient (Wildman–Crippen LogP) is 7.57. The van der Waals surface area contributed by atoms with Crippen molar-refractivity contribution >= 4 is 35.3 Å². The Morgan fingerprint density at radius 2 is 1.04 bits per heavy atom. The van der Waals surface area contributed by atoms with Crippen molar-refractivity contribution in [2.24, 2.45) is 0 Å². The van der Waals surface area contributed by atoms with Gasteiger partial charge in [0.15, 0.2) is 0 Å². The molecule has 138 valence electrons. The summed E-state index contributed by atoms with van der Waals surface area (Å²) in [4.78, 5) is 4.94. The molecule has 3 rings (SSSR count). The van der Waals surface area contributed by atoms with E-state index in [1.54, 1.807) is 35.3 Å². The van der Waals surface area contributed by atoms with E-state index in [1.807, 2.05) is 13.0 Å². The van der Waals surface area contributed by atoms with Crippen molar-refractivity contribution in [1.82, 2.24) is 0 Å². The van der Waals surface area contributed by atoms with Crippen LogP contribution in [0, 0.1) is 0 Å². The van der Waals surface area contributed by atoms with Gasteiger partial charge in [-0.05, 0) is 43.3 Å². The van der Waals surface area contributed by atoms with Crippen LogP contribution in [0.5, 0.6) is 0 Å². The second-order valence-corrected chi connectivity index (χ2v) is 9.19. The number of hydrogen-bond donors (Lipinski definition) is 0. The third kappa shape index (κ3) is 6.82. The molecular weight excluding hydrogens is 388 g/mol. The van der Waals surface area contributed by atoms with Crippen LogP contribution >= 0.6 is 35.3 Å². The SMILES string of the molecule is CCOCC(Sc1ccccc1)=C(Sc1ccccc1)Sc1ccccc1. The Morgan fingerprint density at radius 1 is 0.630 bits per heavy atom. The Labute approximate surface area is 174 Å². The predicted molar refractivity (Wildman–Crippen MR) is 120 cm³/mol. The van der Waals surface area contributed by atoms with Gasteiger partial charge in [-0.3, -0.25) is 0 Å². The molecule has 0 aliphatic carbocycles. The lowest BCUT2D eigenvalue weighted by atomic mass is 10.4. The van der Waals surface area contributed by atoms with Gasteiger partial charge in [0, 0.05) is 26.2 Å². The quantitative estimate of drug-likeness (QED) is 0.336. The maximum Gasteiger partial charge on any atom is 0.0795 e. The highest BCUT2D eigenvalue weighted by Gasteiger charge is 2.13. The van der Waals surface area contributed by atoms with Crippen LogP contribution in [-0.2, 0) is 4.74 Å². The summed E-state index contributed by atoms with van der Waals surface area (Å²) in [5.74, 6) is 0. The van der Waals surface area contributed by atoms with Gasteiger partial charge in [0.05, 0.1) is 10.8 Å². The smallest absolute Gasteiger partial charge is 0.0795 e. The van der Waals surface area contributed by atoms with Crippen LogP contribution in [-0.4, -0.2) is 13.2 Å². The van der Waals surface area contributed by atoms with Gasteiger partial charge in [-0.2, -0.15) is 0 Å². The molecule has 0 saturated carbocycles. The van der Waals surface area contributed by atoms with Crippen LogP contribution in [0.25, 0.3) is 0 Å². The van der Waals surface area contributed by atoms with Crippen molar-refractivity contribution in [3.05, 3.63) is 100 Å². The van der Waals surface area contributed by atoms with Crippen molar-refractivity contribution in [2.45, 2.75) is 21.6 Å². The standard InChI is InChI=1S/C23H22OS3/c1-2-24-18-22(25-19-12-6-3-7-13-19)23(26-20-14-8-4-9-15-20)27-21-16-10-5-11-17-21/h3-17H,2,18H2,1H3.